The van der Waals surface area contributed by atoms with Crippen LogP contribution in [0.25, 0.3) is 0 Å². The van der Waals surface area contributed by atoms with Crippen LogP contribution in [0.15, 0.2) is 34.4 Å². The summed E-state index contributed by atoms with van der Waals surface area (Å²) in [6, 6.07) is 1.45. The van der Waals surface area contributed by atoms with Crippen molar-refractivity contribution in [1.82, 2.24) is 10.3 Å². The third-order valence-electron chi connectivity index (χ3n) is 4.98. The molecule has 1 amide bonds. The minimum atomic E-state index is -3.97. The first-order valence-electron chi connectivity index (χ1n) is 9.32. The van der Waals surface area contributed by atoms with Gasteiger partial charge in [-0.2, -0.15) is 4.39 Å². The van der Waals surface area contributed by atoms with Gasteiger partial charge in [-0.1, -0.05) is 6.08 Å². The van der Waals surface area contributed by atoms with Crippen molar-refractivity contribution < 1.29 is 22.3 Å². The van der Waals surface area contributed by atoms with Crippen molar-refractivity contribution in [2.24, 2.45) is 4.99 Å². The molecule has 7 nitrogen and oxygen atoms in total. The van der Waals surface area contributed by atoms with Gasteiger partial charge in [0, 0.05) is 16.2 Å². The maximum atomic E-state index is 14.7. The lowest BCUT2D eigenvalue weighted by Crippen LogP contribution is -2.62. The van der Waals surface area contributed by atoms with Crippen LogP contribution in [0, 0.1) is 5.95 Å². The number of nitrogens with one attached hydrogen (secondary N) is 1. The van der Waals surface area contributed by atoms with Gasteiger partial charge in [0.05, 0.1) is 5.25 Å². The van der Waals surface area contributed by atoms with Crippen molar-refractivity contribution in [3.05, 3.63) is 40.9 Å². The summed E-state index contributed by atoms with van der Waals surface area (Å²) in [4.78, 5) is 20.7. The summed E-state index contributed by atoms with van der Waals surface area (Å²) < 4.78 is 46.1. The van der Waals surface area contributed by atoms with Crippen LogP contribution >= 0.6 is 15.9 Å². The van der Waals surface area contributed by atoms with Crippen molar-refractivity contribution in [2.75, 3.05) is 0 Å². The predicted molar refractivity (Wildman–Crippen MR) is 118 cm³/mol. The van der Waals surface area contributed by atoms with E-state index in [0.717, 1.165) is 0 Å². The van der Waals surface area contributed by atoms with Crippen LogP contribution < -0.4 is 5.32 Å². The number of pyridine rings is 1. The first kappa shape index (κ1) is 24.5. The number of carbonyl (C=O) groups excluding carboxylic acids is 1. The molecule has 2 rings (SSSR count). The molecular formula is C20H27BrFN3O4S. The van der Waals surface area contributed by atoms with E-state index in [2.05, 4.69) is 37.8 Å². The molecule has 0 aliphatic carbocycles. The molecule has 0 bridgehead atoms. The quantitative estimate of drug-likeness (QED) is 0.490. The average Bonchev–Trinajstić information content (AvgIpc) is 2.58. The van der Waals surface area contributed by atoms with Crippen molar-refractivity contribution in [2.45, 2.75) is 69.1 Å². The Labute approximate surface area is 185 Å². The zero-order chi connectivity index (χ0) is 23.1. The number of halogens is 2. The van der Waals surface area contributed by atoms with Gasteiger partial charge in [0.15, 0.2) is 9.84 Å². The second-order valence-corrected chi connectivity index (χ2v) is 12.4. The fraction of sp³-hybridized carbons (Fsp3) is 0.550. The zero-order valence-corrected chi connectivity index (χ0v) is 20.3. The lowest BCUT2D eigenvalue weighted by molar-refractivity contribution is 0.0560. The molecule has 1 aliphatic rings. The zero-order valence-electron chi connectivity index (χ0n) is 17.9. The summed E-state index contributed by atoms with van der Waals surface area (Å²) in [6.45, 7) is 13.1. The highest BCUT2D eigenvalue weighted by atomic mass is 79.9. The van der Waals surface area contributed by atoms with E-state index in [9.17, 15) is 17.6 Å². The number of aliphatic imine (C=N–C) groups is 1. The molecule has 0 aromatic carbocycles. The molecule has 0 saturated carbocycles. The van der Waals surface area contributed by atoms with Crippen LogP contribution in [0.5, 0.6) is 0 Å². The number of alkyl carbamates (subject to hydrolysis) is 1. The van der Waals surface area contributed by atoms with Gasteiger partial charge < -0.3 is 4.74 Å². The minimum absolute atomic E-state index is 0.00807. The molecule has 0 spiro atoms. The van der Waals surface area contributed by atoms with Gasteiger partial charge >= 0.3 is 6.09 Å². The van der Waals surface area contributed by atoms with E-state index in [1.54, 1.807) is 20.8 Å². The molecule has 0 saturated heterocycles. The van der Waals surface area contributed by atoms with Crippen LogP contribution in [0.3, 0.4) is 0 Å². The van der Waals surface area contributed by atoms with Gasteiger partial charge in [-0.05, 0) is 70.0 Å². The number of allylic oxidation sites excluding steroid dienone is 1. The Morgan fingerprint density at radius 1 is 1.40 bits per heavy atom. The molecule has 0 fully saturated rings. The van der Waals surface area contributed by atoms with Crippen molar-refractivity contribution in [3.8, 4) is 0 Å². The summed E-state index contributed by atoms with van der Waals surface area (Å²) in [6.07, 6.45) is 1.93. The molecule has 166 valence electrons. The number of aromatic nitrogens is 1. The number of ether oxygens (including phenoxy) is 1. The number of sulfone groups is 1. The highest BCUT2D eigenvalue weighted by molar-refractivity contribution is 9.10. The average molecular weight is 504 g/mol. The van der Waals surface area contributed by atoms with Gasteiger partial charge in [-0.3, -0.25) is 10.3 Å². The third-order valence-corrected chi connectivity index (χ3v) is 8.43. The predicted octanol–water partition coefficient (Wildman–Crippen LogP) is 4.27. The number of hydrogen-bond acceptors (Lipinski definition) is 6. The second kappa shape index (κ2) is 8.03. The molecule has 1 aromatic heterocycles. The summed E-state index contributed by atoms with van der Waals surface area (Å²) in [5, 5.41) is 1.35. The SMILES string of the molecule is C=CCC1[C@@](C)(c2cc(Br)cnc2F)N=C(NC(=O)OC(C)(C)C)C(C)(C)S1(=O)=O. The topological polar surface area (TPSA) is 97.7 Å². The first-order chi connectivity index (χ1) is 13.6. The van der Waals surface area contributed by atoms with E-state index in [-0.39, 0.29) is 17.8 Å². The molecule has 1 aliphatic heterocycles. The van der Waals surface area contributed by atoms with Crippen LogP contribution in [0.4, 0.5) is 9.18 Å². The maximum absolute atomic E-state index is 14.7. The molecule has 1 unspecified atom stereocenters. The molecule has 10 heteroatoms. The number of amides is 1. The van der Waals surface area contributed by atoms with E-state index in [1.807, 2.05) is 0 Å². The normalized spacial score (nSPS) is 25.2. The molecule has 0 radical (unpaired) electrons. The Balaban J connectivity index is 2.75. The smallest absolute Gasteiger partial charge is 0.413 e. The summed E-state index contributed by atoms with van der Waals surface area (Å²) >= 11 is 3.25. The van der Waals surface area contributed by atoms with E-state index in [4.69, 9.17) is 4.74 Å². The number of hydrogen-bond donors (Lipinski definition) is 1. The maximum Gasteiger partial charge on any atom is 0.413 e. The van der Waals surface area contributed by atoms with Crippen molar-refractivity contribution in [1.29, 1.82) is 0 Å². The Kier molecular flexibility index (Phi) is 6.55. The summed E-state index contributed by atoms with van der Waals surface area (Å²) in [5.74, 6) is -0.969. The van der Waals surface area contributed by atoms with Gasteiger partial charge in [0.1, 0.15) is 21.7 Å². The fourth-order valence-electron chi connectivity index (χ4n) is 3.33. The molecule has 30 heavy (non-hydrogen) atoms. The number of carbonyl (C=O) groups is 1. The largest absolute Gasteiger partial charge is 0.444 e. The Hall–Kier alpha value is -1.81. The van der Waals surface area contributed by atoms with E-state index >= 15 is 0 Å². The fourth-order valence-corrected chi connectivity index (χ4v) is 5.91. The molecule has 1 aromatic rings. The number of rotatable bonds is 3. The highest BCUT2D eigenvalue weighted by Crippen LogP contribution is 2.45. The summed E-state index contributed by atoms with van der Waals surface area (Å²) in [5.41, 5.74) is -2.36. The second-order valence-electron chi connectivity index (χ2n) is 8.80. The molecule has 2 heterocycles. The number of nitrogens with zero attached hydrogens (tertiary/aromatic N) is 2. The third kappa shape index (κ3) is 4.44. The van der Waals surface area contributed by atoms with Crippen molar-refractivity contribution in [3.63, 3.8) is 0 Å². The monoisotopic (exact) mass is 503 g/mol. The lowest BCUT2D eigenvalue weighted by Gasteiger charge is -2.44. The first-order valence-corrected chi connectivity index (χ1v) is 11.7. The molecule has 2 atom stereocenters. The standard InChI is InChI=1S/C20H27BrFN3O4S/c1-8-9-14-20(7,13-10-12(21)11-23-15(13)22)25-16(19(5,6)30(14,27)28)24-17(26)29-18(2,3)4/h8,10-11,14H,1,9H2,2-7H3,(H,24,25,26)/t14?,20-/m1/s1. The van der Waals surface area contributed by atoms with Gasteiger partial charge in [-0.15, -0.1) is 6.58 Å². The van der Waals surface area contributed by atoms with E-state index < -0.39 is 43.0 Å². The molecular weight excluding hydrogens is 477 g/mol. The highest BCUT2D eigenvalue weighted by Gasteiger charge is 2.57. The Morgan fingerprint density at radius 3 is 2.53 bits per heavy atom. The van der Waals surface area contributed by atoms with E-state index in [0.29, 0.717) is 4.47 Å². The van der Waals surface area contributed by atoms with Crippen LogP contribution in [0.2, 0.25) is 0 Å². The van der Waals surface area contributed by atoms with Crippen LogP contribution in [0.1, 0.15) is 53.5 Å². The Morgan fingerprint density at radius 2 is 2.00 bits per heavy atom. The van der Waals surface area contributed by atoms with Gasteiger partial charge in [-0.25, -0.2) is 18.2 Å². The molecule has 1 N–H and O–H groups in total. The van der Waals surface area contributed by atoms with Crippen LogP contribution in [-0.2, 0) is 20.1 Å². The summed E-state index contributed by atoms with van der Waals surface area (Å²) in [7, 11) is -3.97. The Bertz CT molecular complexity index is 1000. The van der Waals surface area contributed by atoms with Crippen LogP contribution in [-0.4, -0.2) is 40.9 Å². The van der Waals surface area contributed by atoms with Gasteiger partial charge in [0.2, 0.25) is 5.95 Å². The van der Waals surface area contributed by atoms with E-state index in [1.165, 1.54) is 39.1 Å². The minimum Gasteiger partial charge on any atom is -0.444 e. The van der Waals surface area contributed by atoms with Crippen molar-refractivity contribution >= 4 is 37.7 Å². The lowest BCUT2D eigenvalue weighted by atomic mass is 9.87. The van der Waals surface area contributed by atoms with Gasteiger partial charge in [0.25, 0.3) is 0 Å². The number of amidine groups is 1.